The van der Waals surface area contributed by atoms with E-state index in [0.29, 0.717) is 6.61 Å². The lowest BCUT2D eigenvalue weighted by Gasteiger charge is -2.41. The summed E-state index contributed by atoms with van der Waals surface area (Å²) in [6, 6.07) is 8.96. The van der Waals surface area contributed by atoms with Gasteiger partial charge >= 0.3 is 0 Å². The van der Waals surface area contributed by atoms with E-state index in [-0.39, 0.29) is 0 Å². The smallest absolute Gasteiger partial charge is 0.185 e. The van der Waals surface area contributed by atoms with Gasteiger partial charge in [0.25, 0.3) is 0 Å². The first-order chi connectivity index (χ1) is 10.2. The van der Waals surface area contributed by atoms with Crippen LogP contribution in [0.15, 0.2) is 35.4 Å². The molecule has 2 rings (SSSR count). The maximum Gasteiger partial charge on any atom is 0.185 e. The first-order valence-corrected chi connectivity index (χ1v) is 6.73. The maximum absolute atomic E-state index is 10.3. The van der Waals surface area contributed by atoms with Crippen molar-refractivity contribution in [2.45, 2.75) is 44.2 Å². The second-order valence-corrected chi connectivity index (χ2v) is 4.89. The summed E-state index contributed by atoms with van der Waals surface area (Å²) < 4.78 is 16.3. The largest absolute Gasteiger partial charge is 0.385 e. The molecular weight excluding hydrogens is 274 g/mol. The summed E-state index contributed by atoms with van der Waals surface area (Å²) in [5, 5.41) is 14.0. The fourth-order valence-electron chi connectivity index (χ4n) is 2.37. The lowest BCUT2D eigenvalue weighted by atomic mass is 9.97. The second-order valence-electron chi connectivity index (χ2n) is 4.89. The number of methoxy groups -OCH3 is 1. The Labute approximate surface area is 123 Å². The SMILES string of the molecule is CO[C@@H]1O[C@@H](C)[C@H](N=[N+]=[N-])[C@@H](OCc2ccccc2)[C@H]1O. The summed E-state index contributed by atoms with van der Waals surface area (Å²) >= 11 is 0. The molecule has 0 amide bonds. The first-order valence-electron chi connectivity index (χ1n) is 6.73. The van der Waals surface area contributed by atoms with Gasteiger partial charge < -0.3 is 19.3 Å². The number of rotatable bonds is 5. The maximum atomic E-state index is 10.3. The van der Waals surface area contributed by atoms with Gasteiger partial charge in [-0.15, -0.1) is 0 Å². The molecule has 0 aliphatic carbocycles. The molecule has 114 valence electrons. The summed E-state index contributed by atoms with van der Waals surface area (Å²) in [7, 11) is 1.45. The van der Waals surface area contributed by atoms with E-state index in [4.69, 9.17) is 19.7 Å². The summed E-state index contributed by atoms with van der Waals surface area (Å²) in [5.41, 5.74) is 9.65. The zero-order valence-electron chi connectivity index (χ0n) is 12.0. The van der Waals surface area contributed by atoms with Crippen molar-refractivity contribution < 1.29 is 19.3 Å². The predicted molar refractivity (Wildman–Crippen MR) is 75.3 cm³/mol. The van der Waals surface area contributed by atoms with E-state index in [1.807, 2.05) is 30.3 Å². The molecule has 0 unspecified atom stereocenters. The Morgan fingerprint density at radius 1 is 1.38 bits per heavy atom. The molecule has 1 aliphatic rings. The minimum absolute atomic E-state index is 0.309. The van der Waals surface area contributed by atoms with Crippen LogP contribution in [-0.2, 0) is 20.8 Å². The predicted octanol–water partition coefficient (Wildman–Crippen LogP) is 2.00. The van der Waals surface area contributed by atoms with Crippen molar-refractivity contribution in [1.29, 1.82) is 0 Å². The van der Waals surface area contributed by atoms with Gasteiger partial charge in [-0.1, -0.05) is 35.4 Å². The van der Waals surface area contributed by atoms with Gasteiger partial charge in [-0.25, -0.2) is 0 Å². The van der Waals surface area contributed by atoms with Crippen LogP contribution in [0.3, 0.4) is 0 Å². The zero-order chi connectivity index (χ0) is 15.2. The average Bonchev–Trinajstić information content (AvgIpc) is 2.51. The number of aliphatic hydroxyl groups is 1. The molecule has 1 aromatic rings. The van der Waals surface area contributed by atoms with Crippen molar-refractivity contribution in [3.05, 3.63) is 46.3 Å². The second kappa shape index (κ2) is 7.40. The van der Waals surface area contributed by atoms with Crippen LogP contribution in [0.4, 0.5) is 0 Å². The number of hydrogen-bond donors (Lipinski definition) is 1. The number of nitrogens with zero attached hydrogens (tertiary/aromatic N) is 3. The van der Waals surface area contributed by atoms with Crippen molar-refractivity contribution in [3.63, 3.8) is 0 Å². The van der Waals surface area contributed by atoms with E-state index in [0.717, 1.165) is 5.56 Å². The first kappa shape index (κ1) is 15.8. The van der Waals surface area contributed by atoms with Gasteiger partial charge in [0.2, 0.25) is 0 Å². The number of benzene rings is 1. The molecule has 1 heterocycles. The van der Waals surface area contributed by atoms with Gasteiger partial charge in [0, 0.05) is 12.0 Å². The van der Waals surface area contributed by atoms with Crippen LogP contribution in [-0.4, -0.2) is 42.9 Å². The van der Waals surface area contributed by atoms with Gasteiger partial charge in [0.1, 0.15) is 6.10 Å². The summed E-state index contributed by atoms with van der Waals surface area (Å²) in [4.78, 5) is 2.81. The van der Waals surface area contributed by atoms with E-state index in [1.165, 1.54) is 7.11 Å². The van der Waals surface area contributed by atoms with E-state index in [9.17, 15) is 5.11 Å². The summed E-state index contributed by atoms with van der Waals surface area (Å²) in [6.07, 6.45) is -2.92. The molecular formula is C14H19N3O4. The van der Waals surface area contributed by atoms with Crippen molar-refractivity contribution in [2.24, 2.45) is 5.11 Å². The van der Waals surface area contributed by atoms with Crippen molar-refractivity contribution in [1.82, 2.24) is 0 Å². The molecule has 1 aliphatic heterocycles. The van der Waals surface area contributed by atoms with E-state index < -0.39 is 30.6 Å². The van der Waals surface area contributed by atoms with Crippen LogP contribution in [0.5, 0.6) is 0 Å². The zero-order valence-corrected chi connectivity index (χ0v) is 12.0. The summed E-state index contributed by atoms with van der Waals surface area (Å²) in [5.74, 6) is 0. The molecule has 7 heteroatoms. The molecule has 0 bridgehead atoms. The Morgan fingerprint density at radius 3 is 2.71 bits per heavy atom. The highest BCUT2D eigenvalue weighted by Crippen LogP contribution is 2.27. The monoisotopic (exact) mass is 293 g/mol. The van der Waals surface area contributed by atoms with Crippen molar-refractivity contribution in [2.75, 3.05) is 7.11 Å². The normalized spacial score (nSPS) is 32.4. The number of hydrogen-bond acceptors (Lipinski definition) is 5. The minimum atomic E-state index is -1.02. The highest BCUT2D eigenvalue weighted by molar-refractivity contribution is 5.13. The number of aliphatic hydroxyl groups excluding tert-OH is 1. The molecule has 1 saturated heterocycles. The molecule has 0 saturated carbocycles. The fourth-order valence-corrected chi connectivity index (χ4v) is 2.37. The van der Waals surface area contributed by atoms with E-state index in [2.05, 4.69) is 10.0 Å². The lowest BCUT2D eigenvalue weighted by molar-refractivity contribution is -0.269. The fraction of sp³-hybridized carbons (Fsp3) is 0.571. The molecule has 0 spiro atoms. The van der Waals surface area contributed by atoms with Gasteiger partial charge in [0.15, 0.2) is 6.29 Å². The van der Waals surface area contributed by atoms with Gasteiger partial charge in [-0.2, -0.15) is 0 Å². The van der Waals surface area contributed by atoms with Crippen LogP contribution in [0.25, 0.3) is 10.4 Å². The Balaban J connectivity index is 2.11. The topological polar surface area (TPSA) is 96.7 Å². The van der Waals surface area contributed by atoms with Crippen LogP contribution in [0.1, 0.15) is 12.5 Å². The molecule has 1 aromatic carbocycles. The molecule has 5 atom stereocenters. The molecule has 1 fully saturated rings. The van der Waals surface area contributed by atoms with Crippen LogP contribution >= 0.6 is 0 Å². The Kier molecular flexibility index (Phi) is 5.55. The third-order valence-corrected chi connectivity index (χ3v) is 3.48. The molecule has 21 heavy (non-hydrogen) atoms. The standard InChI is InChI=1S/C14H19N3O4/c1-9-11(16-17-15)13(12(18)14(19-2)21-9)20-8-10-6-4-3-5-7-10/h3-7,9,11-14,18H,8H2,1-2H3/t9-,11-,12+,13+,14+/m0/s1. The minimum Gasteiger partial charge on any atom is -0.385 e. The average molecular weight is 293 g/mol. The molecule has 1 N–H and O–H groups in total. The Hall–Kier alpha value is -1.63. The van der Waals surface area contributed by atoms with E-state index >= 15 is 0 Å². The molecule has 7 nitrogen and oxygen atoms in total. The number of ether oxygens (including phenoxy) is 3. The van der Waals surface area contributed by atoms with Crippen molar-refractivity contribution >= 4 is 0 Å². The van der Waals surface area contributed by atoms with Crippen LogP contribution in [0, 0.1) is 0 Å². The van der Waals surface area contributed by atoms with Crippen molar-refractivity contribution in [3.8, 4) is 0 Å². The van der Waals surface area contributed by atoms with Crippen LogP contribution < -0.4 is 0 Å². The summed E-state index contributed by atoms with van der Waals surface area (Å²) in [6.45, 7) is 2.07. The van der Waals surface area contributed by atoms with Gasteiger partial charge in [-0.05, 0) is 18.0 Å². The Morgan fingerprint density at radius 2 is 2.10 bits per heavy atom. The molecule has 0 radical (unpaired) electrons. The van der Waals surface area contributed by atoms with Gasteiger partial charge in [-0.3, -0.25) is 0 Å². The van der Waals surface area contributed by atoms with E-state index in [1.54, 1.807) is 6.92 Å². The third-order valence-electron chi connectivity index (χ3n) is 3.48. The number of azide groups is 1. The van der Waals surface area contributed by atoms with Gasteiger partial charge in [0.05, 0.1) is 24.9 Å². The highest BCUT2D eigenvalue weighted by Gasteiger charge is 2.44. The van der Waals surface area contributed by atoms with Crippen LogP contribution in [0.2, 0.25) is 0 Å². The Bertz CT molecular complexity index is 492. The highest BCUT2D eigenvalue weighted by atomic mass is 16.7. The molecule has 0 aromatic heterocycles. The quantitative estimate of drug-likeness (QED) is 0.510. The lowest BCUT2D eigenvalue weighted by Crippen LogP contribution is -2.57. The third kappa shape index (κ3) is 3.72.